The number of hydrazine groups is 2. The molecule has 0 aliphatic heterocycles. The SMILES string of the molecule is C/C=C(\NNN)C(C)C.CC. The maximum absolute atomic E-state index is 5.04. The van der Waals surface area contributed by atoms with Gasteiger partial charge >= 0.3 is 0 Å². The number of nitrogens with two attached hydrogens (primary N) is 1. The minimum atomic E-state index is 0.492. The monoisotopic (exact) mass is 159 g/mol. The van der Waals surface area contributed by atoms with Gasteiger partial charge in [-0.15, -0.1) is 0 Å². The highest BCUT2D eigenvalue weighted by Crippen LogP contribution is 2.02. The minimum Gasteiger partial charge on any atom is -0.313 e. The van der Waals surface area contributed by atoms with Crippen molar-refractivity contribution in [3.8, 4) is 0 Å². The Labute approximate surface area is 70.0 Å². The fourth-order valence-electron chi connectivity index (χ4n) is 0.633. The Morgan fingerprint density at radius 2 is 1.82 bits per heavy atom. The fourth-order valence-corrected chi connectivity index (χ4v) is 0.633. The summed E-state index contributed by atoms with van der Waals surface area (Å²) < 4.78 is 0. The lowest BCUT2D eigenvalue weighted by Crippen LogP contribution is -2.38. The lowest BCUT2D eigenvalue weighted by atomic mass is 10.1. The first-order valence-corrected chi connectivity index (χ1v) is 4.10. The van der Waals surface area contributed by atoms with Gasteiger partial charge in [-0.1, -0.05) is 33.8 Å². The van der Waals surface area contributed by atoms with E-state index in [1.54, 1.807) is 0 Å². The van der Waals surface area contributed by atoms with Crippen LogP contribution in [-0.4, -0.2) is 0 Å². The molecule has 11 heavy (non-hydrogen) atoms. The first-order valence-electron chi connectivity index (χ1n) is 4.10. The lowest BCUT2D eigenvalue weighted by molar-refractivity contribution is 0.560. The van der Waals surface area contributed by atoms with Crippen LogP contribution < -0.4 is 16.8 Å². The third-order valence-corrected chi connectivity index (χ3v) is 1.15. The van der Waals surface area contributed by atoms with E-state index in [-0.39, 0.29) is 0 Å². The van der Waals surface area contributed by atoms with Crippen molar-refractivity contribution in [2.75, 3.05) is 0 Å². The van der Waals surface area contributed by atoms with Crippen molar-refractivity contribution in [3.63, 3.8) is 0 Å². The number of rotatable bonds is 3. The van der Waals surface area contributed by atoms with E-state index in [4.69, 9.17) is 5.84 Å². The largest absolute Gasteiger partial charge is 0.313 e. The van der Waals surface area contributed by atoms with Crippen LogP contribution in [0.5, 0.6) is 0 Å². The van der Waals surface area contributed by atoms with Gasteiger partial charge < -0.3 is 5.43 Å². The zero-order chi connectivity index (χ0) is 9.28. The molecule has 0 fully saturated rings. The summed E-state index contributed by atoms with van der Waals surface area (Å²) in [6.07, 6.45) is 1.99. The van der Waals surface area contributed by atoms with Crippen LogP contribution in [0.3, 0.4) is 0 Å². The third-order valence-electron chi connectivity index (χ3n) is 1.15. The van der Waals surface area contributed by atoms with Crippen LogP contribution in [0.4, 0.5) is 0 Å². The summed E-state index contributed by atoms with van der Waals surface area (Å²) in [5.41, 5.74) is 6.31. The molecular formula is C8H21N3. The molecule has 0 spiro atoms. The van der Waals surface area contributed by atoms with Crippen LogP contribution in [0.15, 0.2) is 11.8 Å². The van der Waals surface area contributed by atoms with Gasteiger partial charge in [0.25, 0.3) is 0 Å². The summed E-state index contributed by atoms with van der Waals surface area (Å²) in [6.45, 7) is 10.2. The fraction of sp³-hybridized carbons (Fsp3) is 0.750. The van der Waals surface area contributed by atoms with Crippen molar-refractivity contribution in [1.82, 2.24) is 11.0 Å². The predicted octanol–water partition coefficient (Wildman–Crippen LogP) is 1.54. The number of hydrogen-bond donors (Lipinski definition) is 3. The molecule has 0 amide bonds. The van der Waals surface area contributed by atoms with E-state index < -0.39 is 0 Å². The van der Waals surface area contributed by atoms with Crippen LogP contribution in [0.25, 0.3) is 0 Å². The van der Waals surface area contributed by atoms with Crippen LogP contribution >= 0.6 is 0 Å². The highest BCUT2D eigenvalue weighted by atomic mass is 15.5. The highest BCUT2D eigenvalue weighted by Gasteiger charge is 1.97. The Balaban J connectivity index is 0. The Hall–Kier alpha value is -0.540. The summed E-state index contributed by atoms with van der Waals surface area (Å²) >= 11 is 0. The van der Waals surface area contributed by atoms with Gasteiger partial charge in [0.1, 0.15) is 0 Å². The molecule has 0 aliphatic rings. The predicted molar refractivity (Wildman–Crippen MR) is 50.4 cm³/mol. The molecule has 4 N–H and O–H groups in total. The van der Waals surface area contributed by atoms with Gasteiger partial charge in [-0.2, -0.15) is 5.53 Å². The summed E-state index contributed by atoms with van der Waals surface area (Å²) in [5, 5.41) is 0. The second kappa shape index (κ2) is 9.46. The van der Waals surface area contributed by atoms with Gasteiger partial charge in [0.05, 0.1) is 0 Å². The molecule has 0 atom stereocenters. The van der Waals surface area contributed by atoms with Crippen molar-refractivity contribution in [1.29, 1.82) is 0 Å². The molecule has 3 heteroatoms. The van der Waals surface area contributed by atoms with Crippen molar-refractivity contribution < 1.29 is 0 Å². The van der Waals surface area contributed by atoms with E-state index in [2.05, 4.69) is 24.8 Å². The van der Waals surface area contributed by atoms with Gasteiger partial charge in [0.15, 0.2) is 0 Å². The molecule has 0 saturated carbocycles. The molecule has 68 valence electrons. The van der Waals surface area contributed by atoms with Crippen LogP contribution in [0, 0.1) is 5.92 Å². The van der Waals surface area contributed by atoms with Crippen LogP contribution in [0.1, 0.15) is 34.6 Å². The maximum atomic E-state index is 5.04. The number of allylic oxidation sites excluding steroid dienone is 2. The van der Waals surface area contributed by atoms with Crippen molar-refractivity contribution in [2.45, 2.75) is 34.6 Å². The summed E-state index contributed by atoms with van der Waals surface area (Å²) in [5.74, 6) is 5.53. The van der Waals surface area contributed by atoms with E-state index >= 15 is 0 Å². The quantitative estimate of drug-likeness (QED) is 0.432. The van der Waals surface area contributed by atoms with E-state index in [1.165, 1.54) is 0 Å². The zero-order valence-corrected chi connectivity index (χ0v) is 8.23. The molecule has 0 rings (SSSR count). The molecule has 0 aromatic rings. The van der Waals surface area contributed by atoms with E-state index in [9.17, 15) is 0 Å². The summed E-state index contributed by atoms with van der Waals surface area (Å²) in [4.78, 5) is 0. The molecule has 3 nitrogen and oxygen atoms in total. The Morgan fingerprint density at radius 1 is 1.36 bits per heavy atom. The van der Waals surface area contributed by atoms with Gasteiger partial charge in [-0.05, 0) is 12.8 Å². The minimum absolute atomic E-state index is 0.492. The molecule has 0 heterocycles. The normalized spacial score (nSPS) is 10.6. The van der Waals surface area contributed by atoms with Gasteiger partial charge in [0, 0.05) is 5.70 Å². The van der Waals surface area contributed by atoms with Crippen molar-refractivity contribution >= 4 is 0 Å². The molecule has 0 bridgehead atoms. The summed E-state index contributed by atoms with van der Waals surface area (Å²) in [6, 6.07) is 0. The molecular weight excluding hydrogens is 138 g/mol. The maximum Gasteiger partial charge on any atom is 0.0258 e. The molecule has 0 saturated heterocycles. The Morgan fingerprint density at radius 3 is 1.91 bits per heavy atom. The topological polar surface area (TPSA) is 50.1 Å². The van der Waals surface area contributed by atoms with Gasteiger partial charge in [0.2, 0.25) is 0 Å². The molecule has 0 radical (unpaired) electrons. The highest BCUT2D eigenvalue weighted by molar-refractivity contribution is 4.98. The van der Waals surface area contributed by atoms with Crippen molar-refractivity contribution in [3.05, 3.63) is 11.8 Å². The van der Waals surface area contributed by atoms with E-state index in [1.807, 2.05) is 26.8 Å². The first-order chi connectivity index (χ1) is 5.22. The van der Waals surface area contributed by atoms with Gasteiger partial charge in [-0.3, -0.25) is 5.84 Å². The molecule has 0 aromatic heterocycles. The smallest absolute Gasteiger partial charge is 0.0258 e. The van der Waals surface area contributed by atoms with E-state index in [0.29, 0.717) is 5.92 Å². The third kappa shape index (κ3) is 7.36. The number of hydrogen-bond acceptors (Lipinski definition) is 3. The Kier molecular flexibility index (Phi) is 11.2. The Bertz CT molecular complexity index is 97.5. The molecule has 0 aromatic carbocycles. The van der Waals surface area contributed by atoms with Crippen LogP contribution in [0.2, 0.25) is 0 Å². The van der Waals surface area contributed by atoms with Crippen LogP contribution in [-0.2, 0) is 0 Å². The first kappa shape index (κ1) is 13.1. The second-order valence-corrected chi connectivity index (χ2v) is 2.17. The lowest BCUT2D eigenvalue weighted by Gasteiger charge is -2.11. The second-order valence-electron chi connectivity index (χ2n) is 2.17. The molecule has 0 aliphatic carbocycles. The molecule has 0 unspecified atom stereocenters. The number of nitrogens with one attached hydrogen (secondary N) is 2. The van der Waals surface area contributed by atoms with Gasteiger partial charge in [-0.25, -0.2) is 0 Å². The summed E-state index contributed by atoms with van der Waals surface area (Å²) in [7, 11) is 0. The zero-order valence-electron chi connectivity index (χ0n) is 8.23. The standard InChI is InChI=1S/C6H15N3.C2H6/c1-4-6(5(2)3)8-9-7;1-2/h4-5,8-9H,7H2,1-3H3;1-2H3/b6-4-;. The average molecular weight is 159 g/mol. The van der Waals surface area contributed by atoms with Crippen molar-refractivity contribution in [2.24, 2.45) is 11.8 Å². The van der Waals surface area contributed by atoms with E-state index in [0.717, 1.165) is 5.70 Å². The average Bonchev–Trinajstić information content (AvgIpc) is 2.03.